The lowest BCUT2D eigenvalue weighted by atomic mass is 9.94. The molecule has 2 aromatic carbocycles. The molecule has 0 aliphatic carbocycles. The summed E-state index contributed by atoms with van der Waals surface area (Å²) in [4.78, 5) is 31.3. The van der Waals surface area contributed by atoms with E-state index in [1.807, 2.05) is 51.1 Å². The summed E-state index contributed by atoms with van der Waals surface area (Å²) in [5.74, 6) is 0.0690. The molecule has 158 valence electrons. The molecule has 2 aliphatic heterocycles. The van der Waals surface area contributed by atoms with Gasteiger partial charge in [0.25, 0.3) is 0 Å². The number of piperidine rings is 1. The van der Waals surface area contributed by atoms with Crippen molar-refractivity contribution in [3.63, 3.8) is 0 Å². The normalized spacial score (nSPS) is 17.8. The number of benzene rings is 2. The molecule has 2 fully saturated rings. The molecule has 4 rings (SSSR count). The summed E-state index contributed by atoms with van der Waals surface area (Å²) in [6.07, 6.45) is 1.84. The molecular weight excluding hydrogens is 381 g/mol. The Labute approximate surface area is 177 Å². The zero-order valence-corrected chi connectivity index (χ0v) is 17.2. The van der Waals surface area contributed by atoms with Crippen LogP contribution in [0.1, 0.15) is 18.4 Å². The van der Waals surface area contributed by atoms with Crippen LogP contribution in [0.15, 0.2) is 54.6 Å². The number of nitrogens with zero attached hydrogens (tertiary/aromatic N) is 3. The molecule has 6 heteroatoms. The van der Waals surface area contributed by atoms with Gasteiger partial charge in [-0.15, -0.1) is 0 Å². The highest BCUT2D eigenvalue weighted by molar-refractivity contribution is 5.81. The molecule has 0 aromatic heterocycles. The number of piperazine rings is 1. The molecule has 2 saturated heterocycles. The number of carbonyl (C=O) groups excluding carboxylic acids is 2. The largest absolute Gasteiger partial charge is 0.366 e. The van der Waals surface area contributed by atoms with Crippen molar-refractivity contribution >= 4 is 17.5 Å². The minimum absolute atomic E-state index is 0.0224. The van der Waals surface area contributed by atoms with Crippen LogP contribution in [0.3, 0.4) is 0 Å². The molecule has 5 nitrogen and oxygen atoms in total. The lowest BCUT2D eigenvalue weighted by Crippen LogP contribution is -2.52. The third-order valence-corrected chi connectivity index (χ3v) is 6.18. The van der Waals surface area contributed by atoms with E-state index in [0.717, 1.165) is 5.56 Å². The van der Waals surface area contributed by atoms with Crippen LogP contribution in [0, 0.1) is 11.7 Å². The van der Waals surface area contributed by atoms with Crippen molar-refractivity contribution in [2.24, 2.45) is 5.92 Å². The van der Waals surface area contributed by atoms with Crippen LogP contribution in [0.25, 0.3) is 0 Å². The fourth-order valence-electron chi connectivity index (χ4n) is 4.39. The molecule has 0 bridgehead atoms. The fraction of sp³-hybridized carbons (Fsp3) is 0.417. The van der Waals surface area contributed by atoms with Gasteiger partial charge in [0.1, 0.15) is 5.82 Å². The Morgan fingerprint density at radius 2 is 1.43 bits per heavy atom. The molecule has 2 aliphatic rings. The van der Waals surface area contributed by atoms with Crippen LogP contribution in [0.2, 0.25) is 0 Å². The van der Waals surface area contributed by atoms with Gasteiger partial charge in [0, 0.05) is 45.2 Å². The van der Waals surface area contributed by atoms with Crippen LogP contribution in [-0.4, -0.2) is 60.9 Å². The molecule has 0 unspecified atom stereocenters. The van der Waals surface area contributed by atoms with Gasteiger partial charge in [-0.05, 0) is 30.5 Å². The zero-order chi connectivity index (χ0) is 20.9. The maximum absolute atomic E-state index is 14.0. The van der Waals surface area contributed by atoms with Crippen molar-refractivity contribution in [2.45, 2.75) is 19.3 Å². The van der Waals surface area contributed by atoms with E-state index >= 15 is 0 Å². The molecule has 0 radical (unpaired) electrons. The highest BCUT2D eigenvalue weighted by atomic mass is 19.1. The molecule has 0 N–H and O–H groups in total. The minimum atomic E-state index is -0.218. The van der Waals surface area contributed by atoms with E-state index < -0.39 is 0 Å². The predicted octanol–water partition coefficient (Wildman–Crippen LogP) is 2.96. The number of halogens is 1. The van der Waals surface area contributed by atoms with E-state index in [9.17, 15) is 14.0 Å². The molecule has 0 atom stereocenters. The van der Waals surface area contributed by atoms with Crippen molar-refractivity contribution in [1.29, 1.82) is 0 Å². The lowest BCUT2D eigenvalue weighted by Gasteiger charge is -2.39. The molecule has 2 amide bonds. The number of hydrogen-bond acceptors (Lipinski definition) is 3. The summed E-state index contributed by atoms with van der Waals surface area (Å²) >= 11 is 0. The Morgan fingerprint density at radius 3 is 2.10 bits per heavy atom. The van der Waals surface area contributed by atoms with Crippen LogP contribution in [-0.2, 0) is 16.0 Å². The van der Waals surface area contributed by atoms with Crippen molar-refractivity contribution < 1.29 is 14.0 Å². The number of amides is 2. The van der Waals surface area contributed by atoms with Crippen LogP contribution >= 0.6 is 0 Å². The van der Waals surface area contributed by atoms with E-state index in [1.165, 1.54) is 6.07 Å². The monoisotopic (exact) mass is 409 g/mol. The number of carbonyl (C=O) groups is 2. The van der Waals surface area contributed by atoms with E-state index in [0.29, 0.717) is 64.2 Å². The Hall–Kier alpha value is -2.89. The first-order valence-corrected chi connectivity index (χ1v) is 10.7. The summed E-state index contributed by atoms with van der Waals surface area (Å²) in [5, 5.41) is 0. The van der Waals surface area contributed by atoms with Crippen molar-refractivity contribution in [2.75, 3.05) is 44.2 Å². The predicted molar refractivity (Wildman–Crippen MR) is 115 cm³/mol. The average molecular weight is 410 g/mol. The van der Waals surface area contributed by atoms with Gasteiger partial charge in [0.15, 0.2) is 0 Å². The minimum Gasteiger partial charge on any atom is -0.366 e. The van der Waals surface area contributed by atoms with E-state index in [4.69, 9.17) is 0 Å². The second kappa shape index (κ2) is 9.28. The summed E-state index contributed by atoms with van der Waals surface area (Å²) in [7, 11) is 0. The number of hydrogen-bond donors (Lipinski definition) is 0. The number of anilines is 1. The molecule has 0 saturated carbocycles. The third kappa shape index (κ3) is 4.64. The Bertz CT molecular complexity index is 873. The van der Waals surface area contributed by atoms with Gasteiger partial charge in [0.05, 0.1) is 12.1 Å². The summed E-state index contributed by atoms with van der Waals surface area (Å²) in [5.41, 5.74) is 1.63. The SMILES string of the molecule is O=C(Cc1ccccc1)N1CCC(C(=O)N2CCN(c3ccccc3F)CC2)CC1. The van der Waals surface area contributed by atoms with E-state index in [-0.39, 0.29) is 23.5 Å². The fourth-order valence-corrected chi connectivity index (χ4v) is 4.39. The summed E-state index contributed by atoms with van der Waals surface area (Å²) in [6.45, 7) is 3.78. The quantitative estimate of drug-likeness (QED) is 0.780. The molecule has 0 spiro atoms. The van der Waals surface area contributed by atoms with Gasteiger partial charge in [-0.3, -0.25) is 9.59 Å². The first-order chi connectivity index (χ1) is 14.6. The highest BCUT2D eigenvalue weighted by Gasteiger charge is 2.32. The summed E-state index contributed by atoms with van der Waals surface area (Å²) < 4.78 is 14.0. The van der Waals surface area contributed by atoms with Gasteiger partial charge in [-0.2, -0.15) is 0 Å². The van der Waals surface area contributed by atoms with Gasteiger partial charge in [-0.25, -0.2) is 4.39 Å². The second-order valence-electron chi connectivity index (χ2n) is 8.08. The number of para-hydroxylation sites is 1. The Kier molecular flexibility index (Phi) is 6.31. The molecule has 2 aromatic rings. The van der Waals surface area contributed by atoms with Crippen LogP contribution in [0.4, 0.5) is 10.1 Å². The van der Waals surface area contributed by atoms with Gasteiger partial charge in [-0.1, -0.05) is 42.5 Å². The average Bonchev–Trinajstić information content (AvgIpc) is 2.80. The van der Waals surface area contributed by atoms with Gasteiger partial charge >= 0.3 is 0 Å². The lowest BCUT2D eigenvalue weighted by molar-refractivity contribution is -0.140. The van der Waals surface area contributed by atoms with Crippen molar-refractivity contribution in [1.82, 2.24) is 9.80 Å². The first kappa shape index (κ1) is 20.4. The topological polar surface area (TPSA) is 43.9 Å². The smallest absolute Gasteiger partial charge is 0.226 e. The maximum Gasteiger partial charge on any atom is 0.226 e. The number of likely N-dealkylation sites (tertiary alicyclic amines) is 1. The highest BCUT2D eigenvalue weighted by Crippen LogP contribution is 2.24. The van der Waals surface area contributed by atoms with Crippen molar-refractivity contribution in [3.05, 3.63) is 66.0 Å². The zero-order valence-electron chi connectivity index (χ0n) is 17.2. The first-order valence-electron chi connectivity index (χ1n) is 10.7. The van der Waals surface area contributed by atoms with E-state index in [2.05, 4.69) is 0 Å². The van der Waals surface area contributed by atoms with E-state index in [1.54, 1.807) is 12.1 Å². The van der Waals surface area contributed by atoms with Crippen molar-refractivity contribution in [3.8, 4) is 0 Å². The number of rotatable bonds is 4. The molecule has 2 heterocycles. The van der Waals surface area contributed by atoms with Gasteiger partial charge in [0.2, 0.25) is 11.8 Å². The standard InChI is InChI=1S/C24H28FN3O2/c25-21-8-4-5-9-22(21)26-14-16-28(17-15-26)24(30)20-10-12-27(13-11-20)23(29)18-19-6-2-1-3-7-19/h1-9,20H,10-18H2. The molecule has 30 heavy (non-hydrogen) atoms. The third-order valence-electron chi connectivity index (χ3n) is 6.18. The Balaban J connectivity index is 1.25. The summed E-state index contributed by atoms with van der Waals surface area (Å²) in [6, 6.07) is 16.6. The van der Waals surface area contributed by atoms with Crippen LogP contribution < -0.4 is 4.90 Å². The Morgan fingerprint density at radius 1 is 0.800 bits per heavy atom. The van der Waals surface area contributed by atoms with Crippen LogP contribution in [0.5, 0.6) is 0 Å². The maximum atomic E-state index is 14.0. The van der Waals surface area contributed by atoms with Gasteiger partial charge < -0.3 is 14.7 Å². The second-order valence-corrected chi connectivity index (χ2v) is 8.08. The molecular formula is C24H28FN3O2.